The van der Waals surface area contributed by atoms with Gasteiger partial charge in [-0.05, 0) is 25.1 Å². The van der Waals surface area contributed by atoms with Crippen molar-refractivity contribution in [3.05, 3.63) is 57.8 Å². The molecule has 98 valence electrons. The number of carbonyl (C=O) groups is 1. The number of nitrogens with one attached hydrogen (secondary N) is 2. The number of carbonyl (C=O) groups excluding carboxylic acids is 1. The Kier molecular flexibility index (Phi) is 3.33. The molecule has 1 aromatic carbocycles. The van der Waals surface area contributed by atoms with E-state index in [4.69, 9.17) is 5.73 Å². The number of H-pyrrole nitrogens is 1. The molecule has 0 saturated carbocycles. The molecule has 6 heteroatoms. The van der Waals surface area contributed by atoms with Crippen LogP contribution in [0.2, 0.25) is 0 Å². The molecule has 0 bridgehead atoms. The van der Waals surface area contributed by atoms with Crippen LogP contribution in [-0.2, 0) is 0 Å². The highest BCUT2D eigenvalue weighted by Crippen LogP contribution is 2.16. The number of hydrogen-bond donors (Lipinski definition) is 3. The summed E-state index contributed by atoms with van der Waals surface area (Å²) in [5.41, 5.74) is 5.89. The highest BCUT2D eigenvalue weighted by Gasteiger charge is 2.11. The number of pyridine rings is 1. The molecule has 0 saturated heterocycles. The monoisotopic (exact) mass is 261 g/mol. The molecule has 0 radical (unpaired) electrons. The molecule has 4 N–H and O–H groups in total. The van der Waals surface area contributed by atoms with Gasteiger partial charge in [0.05, 0.1) is 5.69 Å². The van der Waals surface area contributed by atoms with E-state index < -0.39 is 11.7 Å². The SMILES string of the molecule is Cc1cc(=O)c(C(=O)Nc2ccc(F)c(N)c2)c[nH]1. The zero-order valence-corrected chi connectivity index (χ0v) is 10.2. The van der Waals surface area contributed by atoms with Crippen LogP contribution in [0.3, 0.4) is 0 Å². The van der Waals surface area contributed by atoms with E-state index in [9.17, 15) is 14.0 Å². The van der Waals surface area contributed by atoms with Crippen LogP contribution in [0.1, 0.15) is 16.1 Å². The second kappa shape index (κ2) is 4.93. The predicted molar refractivity (Wildman–Crippen MR) is 70.6 cm³/mol. The van der Waals surface area contributed by atoms with Gasteiger partial charge in [0.25, 0.3) is 5.91 Å². The molecule has 0 aliphatic rings. The van der Waals surface area contributed by atoms with Crippen LogP contribution >= 0.6 is 0 Å². The minimum absolute atomic E-state index is 0.0199. The van der Waals surface area contributed by atoms with Gasteiger partial charge < -0.3 is 16.0 Å². The molecule has 0 unspecified atom stereocenters. The van der Waals surface area contributed by atoms with Crippen LogP contribution in [0.5, 0.6) is 0 Å². The van der Waals surface area contributed by atoms with Gasteiger partial charge in [-0.25, -0.2) is 4.39 Å². The van der Waals surface area contributed by atoms with Crippen molar-refractivity contribution >= 4 is 17.3 Å². The number of aryl methyl sites for hydroxylation is 1. The van der Waals surface area contributed by atoms with Gasteiger partial charge in [0.1, 0.15) is 11.4 Å². The minimum Gasteiger partial charge on any atom is -0.396 e. The molecule has 19 heavy (non-hydrogen) atoms. The Morgan fingerprint density at radius 2 is 2.11 bits per heavy atom. The molecule has 0 fully saturated rings. The van der Waals surface area contributed by atoms with Gasteiger partial charge in [0.15, 0.2) is 5.43 Å². The lowest BCUT2D eigenvalue weighted by Crippen LogP contribution is -2.21. The Balaban J connectivity index is 2.25. The lowest BCUT2D eigenvalue weighted by molar-refractivity contribution is 0.102. The summed E-state index contributed by atoms with van der Waals surface area (Å²) in [6.07, 6.45) is 1.33. The number of nitrogen functional groups attached to an aromatic ring is 1. The predicted octanol–water partition coefficient (Wildman–Crippen LogP) is 1.66. The van der Waals surface area contributed by atoms with Crippen LogP contribution in [-0.4, -0.2) is 10.9 Å². The van der Waals surface area contributed by atoms with E-state index in [-0.39, 0.29) is 16.7 Å². The first-order valence-corrected chi connectivity index (χ1v) is 5.53. The molecule has 0 atom stereocenters. The smallest absolute Gasteiger partial charge is 0.261 e. The van der Waals surface area contributed by atoms with Crippen LogP contribution in [0, 0.1) is 12.7 Å². The number of benzene rings is 1. The maximum absolute atomic E-state index is 13.0. The van der Waals surface area contributed by atoms with Gasteiger partial charge >= 0.3 is 0 Å². The molecule has 1 aromatic heterocycles. The number of anilines is 2. The van der Waals surface area contributed by atoms with Crippen molar-refractivity contribution in [1.82, 2.24) is 4.98 Å². The van der Waals surface area contributed by atoms with Gasteiger partial charge in [0, 0.05) is 23.6 Å². The van der Waals surface area contributed by atoms with E-state index in [1.165, 1.54) is 24.4 Å². The fourth-order valence-electron chi connectivity index (χ4n) is 1.57. The zero-order chi connectivity index (χ0) is 14.0. The number of aromatic amines is 1. The van der Waals surface area contributed by atoms with E-state index in [0.29, 0.717) is 11.4 Å². The lowest BCUT2D eigenvalue weighted by atomic mass is 10.2. The van der Waals surface area contributed by atoms with Gasteiger partial charge in [-0.2, -0.15) is 0 Å². The van der Waals surface area contributed by atoms with Crippen molar-refractivity contribution < 1.29 is 9.18 Å². The van der Waals surface area contributed by atoms with Crippen molar-refractivity contribution in [2.75, 3.05) is 11.1 Å². The van der Waals surface area contributed by atoms with Gasteiger partial charge in [-0.3, -0.25) is 9.59 Å². The van der Waals surface area contributed by atoms with Crippen molar-refractivity contribution in [1.29, 1.82) is 0 Å². The summed E-state index contributed by atoms with van der Waals surface area (Å²) in [7, 11) is 0. The van der Waals surface area contributed by atoms with Gasteiger partial charge in [0.2, 0.25) is 0 Å². The third-order valence-corrected chi connectivity index (χ3v) is 2.56. The second-order valence-electron chi connectivity index (χ2n) is 4.08. The highest BCUT2D eigenvalue weighted by molar-refractivity contribution is 6.04. The molecular weight excluding hydrogens is 249 g/mol. The number of nitrogens with two attached hydrogens (primary N) is 1. The molecule has 0 aliphatic carbocycles. The summed E-state index contributed by atoms with van der Waals surface area (Å²) in [5, 5.41) is 2.48. The van der Waals surface area contributed by atoms with Crippen molar-refractivity contribution in [2.45, 2.75) is 6.92 Å². The third-order valence-electron chi connectivity index (χ3n) is 2.56. The van der Waals surface area contributed by atoms with Crippen molar-refractivity contribution in [2.24, 2.45) is 0 Å². The van der Waals surface area contributed by atoms with Crippen LogP contribution < -0.4 is 16.5 Å². The fourth-order valence-corrected chi connectivity index (χ4v) is 1.57. The Labute approximate surface area is 108 Å². The zero-order valence-electron chi connectivity index (χ0n) is 10.2. The van der Waals surface area contributed by atoms with E-state index in [0.717, 1.165) is 6.07 Å². The summed E-state index contributed by atoms with van der Waals surface area (Å²) in [6.45, 7) is 1.71. The Bertz CT molecular complexity index is 695. The van der Waals surface area contributed by atoms with E-state index >= 15 is 0 Å². The minimum atomic E-state index is -0.577. The lowest BCUT2D eigenvalue weighted by Gasteiger charge is -2.06. The number of hydrogen-bond acceptors (Lipinski definition) is 3. The van der Waals surface area contributed by atoms with E-state index in [1.54, 1.807) is 6.92 Å². The maximum atomic E-state index is 13.0. The average Bonchev–Trinajstić information content (AvgIpc) is 2.33. The molecule has 2 rings (SSSR count). The molecular formula is C13H12FN3O2. The van der Waals surface area contributed by atoms with Crippen LogP contribution in [0.4, 0.5) is 15.8 Å². The Morgan fingerprint density at radius 1 is 1.37 bits per heavy atom. The first-order valence-electron chi connectivity index (χ1n) is 5.53. The van der Waals surface area contributed by atoms with Gasteiger partial charge in [-0.1, -0.05) is 0 Å². The number of amides is 1. The molecule has 5 nitrogen and oxygen atoms in total. The molecule has 0 aliphatic heterocycles. The normalized spacial score (nSPS) is 10.2. The maximum Gasteiger partial charge on any atom is 0.261 e. The summed E-state index contributed by atoms with van der Waals surface area (Å²) >= 11 is 0. The average molecular weight is 261 g/mol. The molecule has 1 heterocycles. The largest absolute Gasteiger partial charge is 0.396 e. The number of aromatic nitrogens is 1. The first kappa shape index (κ1) is 12.8. The van der Waals surface area contributed by atoms with Crippen LogP contribution in [0.25, 0.3) is 0 Å². The highest BCUT2D eigenvalue weighted by atomic mass is 19.1. The quantitative estimate of drug-likeness (QED) is 0.718. The topological polar surface area (TPSA) is 88.0 Å². The summed E-state index contributed by atoms with van der Waals surface area (Å²) < 4.78 is 13.0. The summed E-state index contributed by atoms with van der Waals surface area (Å²) in [4.78, 5) is 26.3. The van der Waals surface area contributed by atoms with E-state index in [1.807, 2.05) is 0 Å². The standard InChI is InChI=1S/C13H12FN3O2/c1-7-4-12(18)9(6-16-7)13(19)17-8-2-3-10(14)11(15)5-8/h2-6H,15H2,1H3,(H,16,18)(H,17,19). The first-order chi connectivity index (χ1) is 8.97. The van der Waals surface area contributed by atoms with Crippen molar-refractivity contribution in [3.8, 4) is 0 Å². The fraction of sp³-hybridized carbons (Fsp3) is 0.0769. The van der Waals surface area contributed by atoms with Crippen molar-refractivity contribution in [3.63, 3.8) is 0 Å². The molecule has 1 amide bonds. The summed E-state index contributed by atoms with van der Waals surface area (Å²) in [6, 6.07) is 5.12. The Morgan fingerprint density at radius 3 is 2.74 bits per heavy atom. The van der Waals surface area contributed by atoms with Gasteiger partial charge in [-0.15, -0.1) is 0 Å². The number of halogens is 1. The molecule has 2 aromatic rings. The Hall–Kier alpha value is -2.63. The molecule has 0 spiro atoms. The number of rotatable bonds is 2. The second-order valence-corrected chi connectivity index (χ2v) is 4.08. The summed E-state index contributed by atoms with van der Waals surface area (Å²) in [5.74, 6) is -1.14. The third kappa shape index (κ3) is 2.79. The van der Waals surface area contributed by atoms with E-state index in [2.05, 4.69) is 10.3 Å². The van der Waals surface area contributed by atoms with Crippen LogP contribution in [0.15, 0.2) is 35.3 Å².